The number of benzene rings is 2. The Labute approximate surface area is 152 Å². The van der Waals surface area contributed by atoms with Crippen molar-refractivity contribution in [3.63, 3.8) is 0 Å². The fourth-order valence-corrected chi connectivity index (χ4v) is 3.64. The molecule has 0 aliphatic rings. The lowest BCUT2D eigenvalue weighted by molar-refractivity contribution is -0.118. The number of nitrogens with one attached hydrogen (secondary N) is 2. The average Bonchev–Trinajstić information content (AvgIpc) is 2.61. The van der Waals surface area contributed by atoms with E-state index in [0.29, 0.717) is 22.7 Å². The number of sulfonamides is 1. The van der Waals surface area contributed by atoms with E-state index in [1.165, 1.54) is 14.0 Å². The summed E-state index contributed by atoms with van der Waals surface area (Å²) in [7, 11) is -2.26. The van der Waals surface area contributed by atoms with E-state index in [-0.39, 0.29) is 0 Å². The zero-order valence-electron chi connectivity index (χ0n) is 14.4. The van der Waals surface area contributed by atoms with Gasteiger partial charge in [-0.2, -0.15) is 5.26 Å². The van der Waals surface area contributed by atoms with Crippen molar-refractivity contribution in [1.29, 1.82) is 5.26 Å². The summed E-state index contributed by atoms with van der Waals surface area (Å²) in [5, 5.41) is 11.6. The number of methoxy groups -OCH3 is 1. The molecule has 2 N–H and O–H groups in total. The average molecular weight is 373 g/mol. The number of nitriles is 1. The second kappa shape index (κ2) is 8.36. The first-order valence-electron chi connectivity index (χ1n) is 7.79. The van der Waals surface area contributed by atoms with Crippen molar-refractivity contribution in [3.05, 3.63) is 54.1 Å². The predicted octanol–water partition coefficient (Wildman–Crippen LogP) is 2.58. The first-order chi connectivity index (χ1) is 12.3. The zero-order valence-corrected chi connectivity index (χ0v) is 15.2. The van der Waals surface area contributed by atoms with Gasteiger partial charge >= 0.3 is 0 Å². The third-order valence-electron chi connectivity index (χ3n) is 3.57. The molecule has 0 heterocycles. The van der Waals surface area contributed by atoms with E-state index in [1.54, 1.807) is 48.5 Å². The number of ether oxygens (including phenoxy) is 1. The lowest BCUT2D eigenvalue weighted by atomic mass is 10.1. The second-order valence-electron chi connectivity index (χ2n) is 5.66. The number of amides is 1. The molecule has 0 spiro atoms. The lowest BCUT2D eigenvalue weighted by Gasteiger charge is -2.14. The van der Waals surface area contributed by atoms with Gasteiger partial charge in [-0.05, 0) is 24.3 Å². The molecule has 7 nitrogen and oxygen atoms in total. The summed E-state index contributed by atoms with van der Waals surface area (Å²) in [4.78, 5) is 12.3. The van der Waals surface area contributed by atoms with Gasteiger partial charge in [-0.25, -0.2) is 8.42 Å². The van der Waals surface area contributed by atoms with Crippen LogP contribution in [0.4, 0.5) is 11.4 Å². The maximum atomic E-state index is 12.3. The molecule has 1 amide bonds. The van der Waals surface area contributed by atoms with Gasteiger partial charge in [0.25, 0.3) is 0 Å². The highest BCUT2D eigenvalue weighted by molar-refractivity contribution is 7.92. The number of anilines is 2. The number of para-hydroxylation sites is 1. The van der Waals surface area contributed by atoms with Crippen molar-refractivity contribution in [2.75, 3.05) is 22.9 Å². The van der Waals surface area contributed by atoms with E-state index in [1.807, 2.05) is 6.07 Å². The van der Waals surface area contributed by atoms with Crippen LogP contribution in [-0.2, 0) is 14.8 Å². The van der Waals surface area contributed by atoms with Crippen LogP contribution in [-0.4, -0.2) is 27.2 Å². The van der Waals surface area contributed by atoms with Gasteiger partial charge in [-0.1, -0.05) is 25.1 Å². The maximum Gasteiger partial charge on any atom is 0.233 e. The third kappa shape index (κ3) is 5.22. The molecular formula is C18H19N3O4S. The summed E-state index contributed by atoms with van der Waals surface area (Å²) in [5.74, 6) is -1.18. The van der Waals surface area contributed by atoms with Gasteiger partial charge in [0.1, 0.15) is 11.8 Å². The topological polar surface area (TPSA) is 108 Å². The third-order valence-corrected chi connectivity index (χ3v) is 5.05. The van der Waals surface area contributed by atoms with Crippen LogP contribution in [0.1, 0.15) is 12.5 Å². The Morgan fingerprint density at radius 1 is 1.23 bits per heavy atom. The normalized spacial score (nSPS) is 11.9. The first-order valence-corrected chi connectivity index (χ1v) is 9.44. The van der Waals surface area contributed by atoms with E-state index in [2.05, 4.69) is 10.0 Å². The number of carbonyl (C=O) groups excluding carboxylic acids is 1. The summed E-state index contributed by atoms with van der Waals surface area (Å²) in [6, 6.07) is 15.0. The number of nitrogens with zero attached hydrogens (tertiary/aromatic N) is 1. The summed E-state index contributed by atoms with van der Waals surface area (Å²) in [6.45, 7) is 1.51. The standard InChI is InChI=1S/C18H19N3O4S/c1-13(18(22)20-17-9-4-3-6-14(17)11-19)12-26(23,24)21-15-7-5-8-16(10-15)25-2/h3-10,13,21H,12H2,1-2H3,(H,20,22). The Kier molecular flexibility index (Phi) is 6.20. The minimum Gasteiger partial charge on any atom is -0.497 e. The molecule has 2 aromatic carbocycles. The van der Waals surface area contributed by atoms with Gasteiger partial charge in [-0.15, -0.1) is 0 Å². The van der Waals surface area contributed by atoms with Crippen LogP contribution in [0.15, 0.2) is 48.5 Å². The molecule has 0 aliphatic heterocycles. The van der Waals surface area contributed by atoms with Gasteiger partial charge in [-0.3, -0.25) is 9.52 Å². The van der Waals surface area contributed by atoms with Crippen molar-refractivity contribution in [3.8, 4) is 11.8 Å². The van der Waals surface area contributed by atoms with Gasteiger partial charge in [0.05, 0.1) is 35.7 Å². The molecule has 0 aliphatic carbocycles. The van der Waals surface area contributed by atoms with Crippen LogP contribution >= 0.6 is 0 Å². The summed E-state index contributed by atoms with van der Waals surface area (Å²) < 4.78 is 32.1. The largest absolute Gasteiger partial charge is 0.497 e. The molecule has 8 heteroatoms. The summed E-state index contributed by atoms with van der Waals surface area (Å²) >= 11 is 0. The van der Waals surface area contributed by atoms with Crippen molar-refractivity contribution in [1.82, 2.24) is 0 Å². The fourth-order valence-electron chi connectivity index (χ4n) is 2.26. The quantitative estimate of drug-likeness (QED) is 0.775. The van der Waals surface area contributed by atoms with E-state index in [9.17, 15) is 13.2 Å². The molecule has 0 bridgehead atoms. The maximum absolute atomic E-state index is 12.3. The number of rotatable bonds is 7. The first kappa shape index (κ1) is 19.3. The Bertz CT molecular complexity index is 935. The summed E-state index contributed by atoms with van der Waals surface area (Å²) in [5.41, 5.74) is 1.02. The zero-order chi connectivity index (χ0) is 19.2. The molecule has 0 saturated heterocycles. The van der Waals surface area contributed by atoms with E-state index < -0.39 is 27.6 Å². The Morgan fingerprint density at radius 2 is 1.96 bits per heavy atom. The monoisotopic (exact) mass is 373 g/mol. The van der Waals surface area contributed by atoms with Crippen LogP contribution in [0.25, 0.3) is 0 Å². The molecule has 2 rings (SSSR count). The SMILES string of the molecule is COc1cccc(NS(=O)(=O)CC(C)C(=O)Nc2ccccc2C#N)c1. The van der Waals surface area contributed by atoms with Crippen molar-refractivity contribution < 1.29 is 17.9 Å². The molecule has 0 saturated carbocycles. The Hall–Kier alpha value is -3.05. The van der Waals surface area contributed by atoms with Crippen LogP contribution in [0.2, 0.25) is 0 Å². The van der Waals surface area contributed by atoms with Gasteiger partial charge in [0.15, 0.2) is 0 Å². The highest BCUT2D eigenvalue weighted by atomic mass is 32.2. The molecule has 1 unspecified atom stereocenters. The minimum atomic E-state index is -3.74. The molecule has 136 valence electrons. The van der Waals surface area contributed by atoms with Crippen LogP contribution in [0.5, 0.6) is 5.75 Å². The highest BCUT2D eigenvalue weighted by Crippen LogP contribution is 2.19. The summed E-state index contributed by atoms with van der Waals surface area (Å²) in [6.07, 6.45) is 0. The number of hydrogen-bond donors (Lipinski definition) is 2. The Balaban J connectivity index is 2.04. The van der Waals surface area contributed by atoms with Gasteiger partial charge in [0, 0.05) is 6.07 Å². The van der Waals surface area contributed by atoms with Gasteiger partial charge < -0.3 is 10.1 Å². The van der Waals surface area contributed by atoms with Crippen molar-refractivity contribution in [2.45, 2.75) is 6.92 Å². The molecule has 0 fully saturated rings. The fraction of sp³-hybridized carbons (Fsp3) is 0.222. The smallest absolute Gasteiger partial charge is 0.233 e. The van der Waals surface area contributed by atoms with Crippen LogP contribution in [0.3, 0.4) is 0 Å². The van der Waals surface area contributed by atoms with E-state index in [0.717, 1.165) is 0 Å². The molecular weight excluding hydrogens is 354 g/mol. The van der Waals surface area contributed by atoms with Crippen molar-refractivity contribution in [2.24, 2.45) is 5.92 Å². The number of carbonyl (C=O) groups is 1. The molecule has 0 aromatic heterocycles. The molecule has 0 radical (unpaired) electrons. The number of hydrogen-bond acceptors (Lipinski definition) is 5. The Morgan fingerprint density at radius 3 is 2.65 bits per heavy atom. The molecule has 26 heavy (non-hydrogen) atoms. The van der Waals surface area contributed by atoms with E-state index >= 15 is 0 Å². The minimum absolute atomic E-state index is 0.311. The second-order valence-corrected chi connectivity index (χ2v) is 7.43. The lowest BCUT2D eigenvalue weighted by Crippen LogP contribution is -2.30. The van der Waals surface area contributed by atoms with Crippen molar-refractivity contribution >= 4 is 27.3 Å². The molecule has 1 atom stereocenters. The van der Waals surface area contributed by atoms with Crippen LogP contribution < -0.4 is 14.8 Å². The highest BCUT2D eigenvalue weighted by Gasteiger charge is 2.22. The van der Waals surface area contributed by atoms with Gasteiger partial charge in [0.2, 0.25) is 15.9 Å². The van der Waals surface area contributed by atoms with Crippen LogP contribution in [0, 0.1) is 17.2 Å². The van der Waals surface area contributed by atoms with E-state index in [4.69, 9.17) is 10.00 Å². The predicted molar refractivity (Wildman–Crippen MR) is 99.4 cm³/mol. The molecule has 2 aromatic rings.